The van der Waals surface area contributed by atoms with Crippen molar-refractivity contribution in [3.05, 3.63) is 65.7 Å². The molecule has 0 amide bonds. The molecule has 3 nitrogen and oxygen atoms in total. The summed E-state index contributed by atoms with van der Waals surface area (Å²) < 4.78 is 12.9. The Bertz CT molecular complexity index is 591. The minimum absolute atomic E-state index is 0.0589. The van der Waals surface area contributed by atoms with Crippen LogP contribution in [0.15, 0.2) is 48.7 Å². The highest BCUT2D eigenvalue weighted by Crippen LogP contribution is 2.09. The minimum Gasteiger partial charge on any atom is -0.506 e. The highest BCUT2D eigenvalue weighted by Gasteiger charge is 2.02. The predicted molar refractivity (Wildman–Crippen MR) is 65.7 cm³/mol. The minimum atomic E-state index is -0.447. The Labute approximate surface area is 103 Å². The quantitative estimate of drug-likeness (QED) is 0.666. The SMILES string of the molecule is O=C(/C=C/c1ccc(O)cn1)c1cccc(F)c1. The highest BCUT2D eigenvalue weighted by molar-refractivity contribution is 6.06. The Morgan fingerprint density at radius 3 is 2.78 bits per heavy atom. The number of aromatic nitrogens is 1. The zero-order valence-electron chi connectivity index (χ0n) is 9.38. The lowest BCUT2D eigenvalue weighted by atomic mass is 10.1. The van der Waals surface area contributed by atoms with E-state index in [1.165, 1.54) is 42.6 Å². The molecule has 0 aliphatic rings. The number of hydrogen-bond donors (Lipinski definition) is 1. The van der Waals surface area contributed by atoms with Crippen LogP contribution < -0.4 is 0 Å². The summed E-state index contributed by atoms with van der Waals surface area (Å²) >= 11 is 0. The van der Waals surface area contributed by atoms with E-state index in [2.05, 4.69) is 4.98 Å². The van der Waals surface area contributed by atoms with E-state index in [-0.39, 0.29) is 17.1 Å². The largest absolute Gasteiger partial charge is 0.506 e. The van der Waals surface area contributed by atoms with Gasteiger partial charge in [-0.25, -0.2) is 4.39 Å². The van der Waals surface area contributed by atoms with E-state index in [4.69, 9.17) is 5.11 Å². The first-order valence-corrected chi connectivity index (χ1v) is 5.28. The molecule has 2 rings (SSSR count). The maximum atomic E-state index is 12.9. The number of ketones is 1. The third-order valence-corrected chi connectivity index (χ3v) is 2.29. The van der Waals surface area contributed by atoms with Crippen LogP contribution in [-0.4, -0.2) is 15.9 Å². The Morgan fingerprint density at radius 2 is 2.11 bits per heavy atom. The average Bonchev–Trinajstić information content (AvgIpc) is 2.38. The van der Waals surface area contributed by atoms with Crippen molar-refractivity contribution in [2.75, 3.05) is 0 Å². The van der Waals surface area contributed by atoms with Gasteiger partial charge >= 0.3 is 0 Å². The molecular weight excluding hydrogens is 233 g/mol. The summed E-state index contributed by atoms with van der Waals surface area (Å²) in [6.07, 6.45) is 4.10. The number of hydrogen-bond acceptors (Lipinski definition) is 3. The fourth-order valence-corrected chi connectivity index (χ4v) is 1.40. The second kappa shape index (κ2) is 5.23. The van der Waals surface area contributed by atoms with Crippen molar-refractivity contribution in [2.45, 2.75) is 0 Å². The normalized spacial score (nSPS) is 10.7. The summed E-state index contributed by atoms with van der Waals surface area (Å²) in [5, 5.41) is 9.05. The van der Waals surface area contributed by atoms with Gasteiger partial charge in [0.25, 0.3) is 0 Å². The number of halogens is 1. The standard InChI is InChI=1S/C14H10FNO2/c15-11-3-1-2-10(8-11)14(18)7-5-12-4-6-13(17)9-16-12/h1-9,17H/b7-5+. The van der Waals surface area contributed by atoms with Gasteiger partial charge in [-0.15, -0.1) is 0 Å². The van der Waals surface area contributed by atoms with Gasteiger partial charge in [0, 0.05) is 5.56 Å². The molecule has 1 heterocycles. The van der Waals surface area contributed by atoms with Crippen molar-refractivity contribution in [3.8, 4) is 5.75 Å². The van der Waals surface area contributed by atoms with Crippen LogP contribution in [0.4, 0.5) is 4.39 Å². The summed E-state index contributed by atoms with van der Waals surface area (Å²) in [5.74, 6) is -0.690. The van der Waals surface area contributed by atoms with Crippen LogP contribution in [0.2, 0.25) is 0 Å². The number of allylic oxidation sites excluding steroid dienone is 1. The molecule has 0 fully saturated rings. The van der Waals surface area contributed by atoms with Gasteiger partial charge in [-0.3, -0.25) is 9.78 Å². The molecule has 1 aromatic carbocycles. The fraction of sp³-hybridized carbons (Fsp3) is 0. The molecule has 0 saturated heterocycles. The molecule has 4 heteroatoms. The zero-order valence-corrected chi connectivity index (χ0v) is 9.38. The maximum Gasteiger partial charge on any atom is 0.186 e. The van der Waals surface area contributed by atoms with Crippen molar-refractivity contribution in [1.82, 2.24) is 4.98 Å². The Hall–Kier alpha value is -2.49. The first kappa shape index (κ1) is 12.0. The van der Waals surface area contributed by atoms with Crippen LogP contribution in [0.25, 0.3) is 6.08 Å². The van der Waals surface area contributed by atoms with Crippen LogP contribution in [0.1, 0.15) is 16.1 Å². The van der Waals surface area contributed by atoms with Crippen molar-refractivity contribution in [3.63, 3.8) is 0 Å². The second-order valence-corrected chi connectivity index (χ2v) is 3.65. The molecule has 0 radical (unpaired) electrons. The summed E-state index contributed by atoms with van der Waals surface area (Å²) in [7, 11) is 0. The topological polar surface area (TPSA) is 50.2 Å². The van der Waals surface area contributed by atoms with Crippen LogP contribution in [0.3, 0.4) is 0 Å². The van der Waals surface area contributed by atoms with Gasteiger partial charge in [-0.05, 0) is 36.4 Å². The van der Waals surface area contributed by atoms with E-state index in [1.54, 1.807) is 12.1 Å². The highest BCUT2D eigenvalue weighted by atomic mass is 19.1. The number of carbonyl (C=O) groups is 1. The van der Waals surface area contributed by atoms with Crippen molar-refractivity contribution >= 4 is 11.9 Å². The molecule has 0 spiro atoms. The number of rotatable bonds is 3. The molecule has 0 bridgehead atoms. The van der Waals surface area contributed by atoms with Gasteiger partial charge in [-0.2, -0.15) is 0 Å². The molecule has 2 aromatic rings. The molecule has 0 saturated carbocycles. The Balaban J connectivity index is 2.14. The van der Waals surface area contributed by atoms with Crippen LogP contribution in [0.5, 0.6) is 5.75 Å². The lowest BCUT2D eigenvalue weighted by Crippen LogP contribution is -1.94. The van der Waals surface area contributed by atoms with Gasteiger partial charge < -0.3 is 5.11 Å². The lowest BCUT2D eigenvalue weighted by molar-refractivity contribution is 0.104. The van der Waals surface area contributed by atoms with Gasteiger partial charge in [-0.1, -0.05) is 12.1 Å². The number of carbonyl (C=O) groups excluding carboxylic acids is 1. The lowest BCUT2D eigenvalue weighted by Gasteiger charge is -1.96. The van der Waals surface area contributed by atoms with E-state index in [9.17, 15) is 9.18 Å². The maximum absolute atomic E-state index is 12.9. The molecule has 1 aromatic heterocycles. The average molecular weight is 243 g/mol. The van der Waals surface area contributed by atoms with Gasteiger partial charge in [0.05, 0.1) is 11.9 Å². The molecule has 90 valence electrons. The molecule has 18 heavy (non-hydrogen) atoms. The first-order chi connectivity index (χ1) is 8.65. The van der Waals surface area contributed by atoms with Gasteiger partial charge in [0.15, 0.2) is 5.78 Å². The van der Waals surface area contributed by atoms with E-state index in [1.807, 2.05) is 0 Å². The number of aromatic hydroxyl groups is 1. The molecule has 0 atom stereocenters. The van der Waals surface area contributed by atoms with Gasteiger partial charge in [0.1, 0.15) is 11.6 Å². The number of nitrogens with zero attached hydrogens (tertiary/aromatic N) is 1. The van der Waals surface area contributed by atoms with Crippen LogP contribution in [-0.2, 0) is 0 Å². The van der Waals surface area contributed by atoms with E-state index >= 15 is 0 Å². The summed E-state index contributed by atoms with van der Waals surface area (Å²) in [6, 6.07) is 8.53. The predicted octanol–water partition coefficient (Wildman–Crippen LogP) is 2.82. The molecule has 0 aliphatic heterocycles. The third-order valence-electron chi connectivity index (χ3n) is 2.29. The number of pyridine rings is 1. The van der Waals surface area contributed by atoms with E-state index in [0.717, 1.165) is 0 Å². The Kier molecular flexibility index (Phi) is 3.48. The van der Waals surface area contributed by atoms with Crippen molar-refractivity contribution in [1.29, 1.82) is 0 Å². The summed E-state index contributed by atoms with van der Waals surface area (Å²) in [6.45, 7) is 0. The third kappa shape index (κ3) is 3.01. The van der Waals surface area contributed by atoms with E-state index in [0.29, 0.717) is 5.69 Å². The second-order valence-electron chi connectivity index (χ2n) is 3.65. The van der Waals surface area contributed by atoms with Gasteiger partial charge in [0.2, 0.25) is 0 Å². The Morgan fingerprint density at radius 1 is 1.28 bits per heavy atom. The van der Waals surface area contributed by atoms with Crippen LogP contribution >= 0.6 is 0 Å². The zero-order chi connectivity index (χ0) is 13.0. The van der Waals surface area contributed by atoms with Crippen molar-refractivity contribution < 1.29 is 14.3 Å². The molecule has 1 N–H and O–H groups in total. The number of benzene rings is 1. The van der Waals surface area contributed by atoms with E-state index < -0.39 is 5.82 Å². The smallest absolute Gasteiger partial charge is 0.186 e. The molecule has 0 unspecified atom stereocenters. The van der Waals surface area contributed by atoms with Crippen LogP contribution in [0, 0.1) is 5.82 Å². The summed E-state index contributed by atoms with van der Waals surface area (Å²) in [4.78, 5) is 15.6. The molecule has 0 aliphatic carbocycles. The monoisotopic (exact) mass is 243 g/mol. The first-order valence-electron chi connectivity index (χ1n) is 5.28. The summed E-state index contributed by atoms with van der Waals surface area (Å²) in [5.41, 5.74) is 0.822. The fourth-order valence-electron chi connectivity index (χ4n) is 1.40. The molecular formula is C14H10FNO2. The van der Waals surface area contributed by atoms with Crippen molar-refractivity contribution in [2.24, 2.45) is 0 Å².